The molecule has 3 aromatic rings. The number of rotatable bonds is 6. The van der Waals surface area contributed by atoms with E-state index in [0.717, 1.165) is 17.0 Å². The summed E-state index contributed by atoms with van der Waals surface area (Å²) in [6.07, 6.45) is 2.14. The summed E-state index contributed by atoms with van der Waals surface area (Å²) in [6, 6.07) is 8.00. The van der Waals surface area contributed by atoms with E-state index in [2.05, 4.69) is 25.9 Å². The molecule has 1 aromatic carbocycles. The Morgan fingerprint density at radius 3 is 2.78 bits per heavy atom. The summed E-state index contributed by atoms with van der Waals surface area (Å²) < 4.78 is 43.3. The molecular weight excluding hydrogens is 421 g/mol. The second-order valence-corrected chi connectivity index (χ2v) is 7.79. The second-order valence-electron chi connectivity index (χ2n) is 7.79. The molecule has 1 saturated carbocycles. The Bertz CT molecular complexity index is 1160. The van der Waals surface area contributed by atoms with Crippen molar-refractivity contribution >= 4 is 34.1 Å². The molecule has 0 bridgehead atoms. The van der Waals surface area contributed by atoms with Gasteiger partial charge in [-0.25, -0.2) is 18.2 Å². The summed E-state index contributed by atoms with van der Waals surface area (Å²) in [5, 5.41) is 9.25. The molecule has 4 rings (SSSR count). The molecule has 0 radical (unpaired) electrons. The normalized spacial score (nSPS) is 20.1. The van der Waals surface area contributed by atoms with Crippen LogP contribution in [0.15, 0.2) is 42.6 Å². The van der Waals surface area contributed by atoms with Crippen LogP contribution in [0.3, 0.4) is 0 Å². The zero-order valence-electron chi connectivity index (χ0n) is 17.3. The number of aromatic nitrogens is 2. The number of nitrogens with two attached hydrogens (primary N) is 1. The van der Waals surface area contributed by atoms with Gasteiger partial charge in [0.25, 0.3) is 11.8 Å². The predicted octanol–water partition coefficient (Wildman–Crippen LogP) is 3.80. The number of alkyl halides is 2. The first-order chi connectivity index (χ1) is 15.3. The molecule has 0 saturated heterocycles. The SMILES string of the molecule is CN[C@@H]1C(Nc2nc(Nc3ccc4ncccc4c3)c(C(N)=O)cc2F)CCCC1(F)F. The van der Waals surface area contributed by atoms with Crippen molar-refractivity contribution in [2.24, 2.45) is 5.73 Å². The molecule has 10 heteroatoms. The van der Waals surface area contributed by atoms with E-state index in [4.69, 9.17) is 5.73 Å². The third-order valence-electron chi connectivity index (χ3n) is 5.62. The zero-order chi connectivity index (χ0) is 22.9. The van der Waals surface area contributed by atoms with Gasteiger partial charge in [0.2, 0.25) is 0 Å². The molecule has 0 aliphatic heterocycles. The Labute approximate surface area is 182 Å². The minimum Gasteiger partial charge on any atom is -0.365 e. The lowest BCUT2D eigenvalue weighted by molar-refractivity contribution is -0.0654. The van der Waals surface area contributed by atoms with Gasteiger partial charge in [0.15, 0.2) is 11.6 Å². The van der Waals surface area contributed by atoms with Crippen molar-refractivity contribution in [3.05, 3.63) is 54.0 Å². The van der Waals surface area contributed by atoms with Crippen LogP contribution in [0, 0.1) is 5.82 Å². The number of hydrogen-bond donors (Lipinski definition) is 4. The smallest absolute Gasteiger partial charge is 0.265 e. The van der Waals surface area contributed by atoms with Crippen LogP contribution in [0.2, 0.25) is 0 Å². The predicted molar refractivity (Wildman–Crippen MR) is 117 cm³/mol. The van der Waals surface area contributed by atoms with Crippen LogP contribution < -0.4 is 21.7 Å². The van der Waals surface area contributed by atoms with E-state index in [1.807, 2.05) is 6.07 Å². The minimum absolute atomic E-state index is 0.0215. The topological polar surface area (TPSA) is 105 Å². The zero-order valence-corrected chi connectivity index (χ0v) is 17.3. The Hall–Kier alpha value is -3.40. The van der Waals surface area contributed by atoms with E-state index in [9.17, 15) is 18.0 Å². The van der Waals surface area contributed by atoms with Crippen molar-refractivity contribution in [1.82, 2.24) is 15.3 Å². The summed E-state index contributed by atoms with van der Waals surface area (Å²) in [6.45, 7) is 0. The number of benzene rings is 1. The van der Waals surface area contributed by atoms with Crippen LogP contribution in [0.5, 0.6) is 0 Å². The van der Waals surface area contributed by atoms with Crippen molar-refractivity contribution < 1.29 is 18.0 Å². The molecule has 2 atom stereocenters. The number of fused-ring (bicyclic) bond motifs is 1. The molecule has 2 aromatic heterocycles. The number of hydrogen-bond acceptors (Lipinski definition) is 6. The van der Waals surface area contributed by atoms with E-state index >= 15 is 0 Å². The van der Waals surface area contributed by atoms with Crippen LogP contribution >= 0.6 is 0 Å². The first kappa shape index (κ1) is 21.8. The molecule has 0 spiro atoms. The lowest BCUT2D eigenvalue weighted by Gasteiger charge is -2.38. The van der Waals surface area contributed by atoms with Gasteiger partial charge in [-0.3, -0.25) is 9.78 Å². The van der Waals surface area contributed by atoms with Crippen LogP contribution in [0.1, 0.15) is 29.6 Å². The average Bonchev–Trinajstić information content (AvgIpc) is 2.75. The highest BCUT2D eigenvalue weighted by Crippen LogP contribution is 2.35. The van der Waals surface area contributed by atoms with Gasteiger partial charge in [-0.15, -0.1) is 0 Å². The van der Waals surface area contributed by atoms with E-state index in [0.29, 0.717) is 18.5 Å². The maximum atomic E-state index is 14.7. The van der Waals surface area contributed by atoms with Crippen LogP contribution in [0.25, 0.3) is 10.9 Å². The monoisotopic (exact) mass is 444 g/mol. The van der Waals surface area contributed by atoms with Crippen molar-refractivity contribution in [1.29, 1.82) is 0 Å². The molecule has 2 heterocycles. The lowest BCUT2D eigenvalue weighted by atomic mass is 9.87. The van der Waals surface area contributed by atoms with E-state index in [-0.39, 0.29) is 23.6 Å². The summed E-state index contributed by atoms with van der Waals surface area (Å²) in [7, 11) is 1.44. The number of carbonyl (C=O) groups excluding carboxylic acids is 1. The van der Waals surface area contributed by atoms with Crippen LogP contribution in [0.4, 0.5) is 30.5 Å². The number of nitrogens with one attached hydrogen (secondary N) is 3. The van der Waals surface area contributed by atoms with Crippen LogP contribution in [-0.2, 0) is 0 Å². The quantitative estimate of drug-likeness (QED) is 0.461. The van der Waals surface area contributed by atoms with Crippen molar-refractivity contribution in [3.63, 3.8) is 0 Å². The molecular formula is C22H23F3N6O. The van der Waals surface area contributed by atoms with Gasteiger partial charge in [-0.05, 0) is 50.2 Å². The van der Waals surface area contributed by atoms with E-state index < -0.39 is 29.7 Å². The van der Waals surface area contributed by atoms with Crippen molar-refractivity contribution in [2.75, 3.05) is 17.7 Å². The fraction of sp³-hybridized carbons (Fsp3) is 0.318. The molecule has 1 aliphatic rings. The van der Waals surface area contributed by atoms with E-state index in [1.54, 1.807) is 30.5 Å². The Kier molecular flexibility index (Phi) is 5.88. The van der Waals surface area contributed by atoms with Gasteiger partial charge in [0.1, 0.15) is 5.82 Å². The largest absolute Gasteiger partial charge is 0.365 e. The number of likely N-dealkylation sites (N-methyl/N-ethyl adjacent to an activating group) is 1. The Morgan fingerprint density at radius 2 is 2.03 bits per heavy atom. The lowest BCUT2D eigenvalue weighted by Crippen LogP contribution is -2.56. The highest BCUT2D eigenvalue weighted by atomic mass is 19.3. The fourth-order valence-electron chi connectivity index (χ4n) is 4.08. The maximum absolute atomic E-state index is 14.7. The number of amides is 1. The van der Waals surface area contributed by atoms with E-state index in [1.165, 1.54) is 7.05 Å². The summed E-state index contributed by atoms with van der Waals surface area (Å²) in [5.74, 6) is -4.87. The number of anilines is 3. The Balaban J connectivity index is 1.67. The van der Waals surface area contributed by atoms with Crippen LogP contribution in [-0.4, -0.2) is 40.9 Å². The number of pyridine rings is 2. The first-order valence-electron chi connectivity index (χ1n) is 10.2. The fourth-order valence-corrected chi connectivity index (χ4v) is 4.08. The standard InChI is InChI=1S/C22H23F3N6O/c1-27-18-17(5-2-8-22(18,24)25)30-21-15(23)11-14(19(26)32)20(31-21)29-13-6-7-16-12(10-13)4-3-9-28-16/h3-4,6-7,9-11,17-18,27H,2,5,8H2,1H3,(H2,26,32)(H2,29,30,31)/t17?,18-/m1/s1. The van der Waals surface area contributed by atoms with Gasteiger partial charge in [0.05, 0.1) is 17.1 Å². The highest BCUT2D eigenvalue weighted by molar-refractivity contribution is 5.99. The molecule has 168 valence electrons. The summed E-state index contributed by atoms with van der Waals surface area (Å²) in [4.78, 5) is 20.3. The van der Waals surface area contributed by atoms with Crippen molar-refractivity contribution in [3.8, 4) is 0 Å². The molecule has 5 N–H and O–H groups in total. The highest BCUT2D eigenvalue weighted by Gasteiger charge is 2.46. The minimum atomic E-state index is -2.94. The number of primary amides is 1. The van der Waals surface area contributed by atoms with Crippen molar-refractivity contribution in [2.45, 2.75) is 37.3 Å². The van der Waals surface area contributed by atoms with Gasteiger partial charge < -0.3 is 21.7 Å². The molecule has 1 amide bonds. The molecule has 1 unspecified atom stereocenters. The number of halogens is 3. The molecule has 1 aliphatic carbocycles. The third kappa shape index (κ3) is 4.31. The average molecular weight is 444 g/mol. The summed E-state index contributed by atoms with van der Waals surface area (Å²) in [5.41, 5.74) is 6.62. The van der Waals surface area contributed by atoms with Gasteiger partial charge in [0, 0.05) is 29.7 Å². The number of carbonyl (C=O) groups is 1. The molecule has 7 nitrogen and oxygen atoms in total. The van der Waals surface area contributed by atoms with Gasteiger partial charge in [-0.1, -0.05) is 6.07 Å². The Morgan fingerprint density at radius 1 is 1.22 bits per heavy atom. The van der Waals surface area contributed by atoms with Gasteiger partial charge in [-0.2, -0.15) is 0 Å². The first-order valence-corrected chi connectivity index (χ1v) is 10.2. The second kappa shape index (κ2) is 8.62. The summed E-state index contributed by atoms with van der Waals surface area (Å²) >= 11 is 0. The molecule has 32 heavy (non-hydrogen) atoms. The molecule has 1 fully saturated rings. The third-order valence-corrected chi connectivity index (χ3v) is 5.62. The maximum Gasteiger partial charge on any atom is 0.265 e. The van der Waals surface area contributed by atoms with Gasteiger partial charge >= 0.3 is 0 Å². The number of nitrogens with zero attached hydrogens (tertiary/aromatic N) is 2.